The number of halogens is 1. The molecule has 0 spiro atoms. The van der Waals surface area contributed by atoms with Crippen LogP contribution in [-0.2, 0) is 0 Å². The number of aromatic nitrogens is 2. The minimum Gasteiger partial charge on any atom is -0.298 e. The number of nitrogens with zero attached hydrogens (tertiary/aromatic N) is 2. The Labute approximate surface area is 123 Å². The molecule has 0 fully saturated rings. The van der Waals surface area contributed by atoms with Crippen molar-refractivity contribution in [3.8, 4) is 11.3 Å². The van der Waals surface area contributed by atoms with Crippen LogP contribution in [0.25, 0.3) is 26.4 Å². The lowest BCUT2D eigenvalue weighted by atomic mass is 10.1. The maximum Gasteiger partial charge on any atom is 0.195 e. The molecule has 102 valence electrons. The first-order chi connectivity index (χ1) is 10.3. The van der Waals surface area contributed by atoms with Gasteiger partial charge in [0.05, 0.1) is 15.9 Å². The number of hydrogen-bond acceptors (Lipinski definition) is 3. The summed E-state index contributed by atoms with van der Waals surface area (Å²) in [6.45, 7) is 0. The van der Waals surface area contributed by atoms with Gasteiger partial charge in [-0.3, -0.25) is 9.20 Å². The van der Waals surface area contributed by atoms with Gasteiger partial charge in [0.15, 0.2) is 4.96 Å². The van der Waals surface area contributed by atoms with Gasteiger partial charge in [-0.05, 0) is 30.3 Å². The minimum absolute atomic E-state index is 0.282. The predicted molar refractivity (Wildman–Crippen MR) is 81.4 cm³/mol. The van der Waals surface area contributed by atoms with Crippen LogP contribution in [0.4, 0.5) is 4.39 Å². The largest absolute Gasteiger partial charge is 0.298 e. The van der Waals surface area contributed by atoms with Crippen LogP contribution < -0.4 is 0 Å². The summed E-state index contributed by atoms with van der Waals surface area (Å²) in [4.78, 5) is 16.1. The second kappa shape index (κ2) is 4.49. The smallest absolute Gasteiger partial charge is 0.195 e. The summed E-state index contributed by atoms with van der Waals surface area (Å²) in [6, 6.07) is 12.1. The van der Waals surface area contributed by atoms with Gasteiger partial charge in [0, 0.05) is 17.3 Å². The van der Waals surface area contributed by atoms with Crippen molar-refractivity contribution in [2.45, 2.75) is 0 Å². The van der Waals surface area contributed by atoms with Gasteiger partial charge in [-0.25, -0.2) is 9.37 Å². The van der Waals surface area contributed by atoms with E-state index in [1.54, 1.807) is 24.3 Å². The maximum atomic E-state index is 13.8. The number of rotatable bonds is 2. The lowest BCUT2D eigenvalue weighted by Gasteiger charge is -1.97. The van der Waals surface area contributed by atoms with Crippen LogP contribution in [0.1, 0.15) is 10.4 Å². The molecule has 0 saturated carbocycles. The highest BCUT2D eigenvalue weighted by molar-refractivity contribution is 7.23. The van der Waals surface area contributed by atoms with Gasteiger partial charge in [-0.1, -0.05) is 23.5 Å². The lowest BCUT2D eigenvalue weighted by molar-refractivity contribution is 0.112. The number of hydrogen-bond donors (Lipinski definition) is 0. The Morgan fingerprint density at radius 1 is 1.19 bits per heavy atom. The quantitative estimate of drug-likeness (QED) is 0.520. The number of aldehydes is 1. The third-order valence-electron chi connectivity index (χ3n) is 3.40. The minimum atomic E-state index is -0.282. The second-order valence-electron chi connectivity index (χ2n) is 4.71. The molecule has 0 amide bonds. The van der Waals surface area contributed by atoms with E-state index in [0.29, 0.717) is 16.8 Å². The first-order valence-electron chi connectivity index (χ1n) is 6.38. The van der Waals surface area contributed by atoms with E-state index in [-0.39, 0.29) is 5.82 Å². The van der Waals surface area contributed by atoms with E-state index in [2.05, 4.69) is 4.98 Å². The zero-order chi connectivity index (χ0) is 14.4. The molecule has 0 N–H and O–H groups in total. The average molecular weight is 296 g/mol. The number of benzene rings is 2. The number of carbonyl (C=O) groups is 1. The number of thiazole rings is 1. The van der Waals surface area contributed by atoms with Gasteiger partial charge in [0.25, 0.3) is 0 Å². The van der Waals surface area contributed by atoms with Crippen LogP contribution in [0, 0.1) is 5.82 Å². The second-order valence-corrected chi connectivity index (χ2v) is 5.71. The zero-order valence-corrected chi connectivity index (χ0v) is 11.6. The van der Waals surface area contributed by atoms with Crippen LogP contribution in [-0.4, -0.2) is 15.7 Å². The number of fused-ring (bicyclic) bond motifs is 3. The van der Waals surface area contributed by atoms with Crippen LogP contribution in [0.3, 0.4) is 0 Å². The van der Waals surface area contributed by atoms with Crippen LogP contribution in [0.5, 0.6) is 0 Å². The molecule has 3 nitrogen and oxygen atoms in total. The molecular weight excluding hydrogens is 287 g/mol. The topological polar surface area (TPSA) is 34.4 Å². The molecule has 0 unspecified atom stereocenters. The fourth-order valence-corrected chi connectivity index (χ4v) is 3.45. The Kier molecular flexibility index (Phi) is 2.62. The number of carbonyl (C=O) groups excluding carboxylic acids is 1. The van der Waals surface area contributed by atoms with Gasteiger partial charge >= 0.3 is 0 Å². The molecular formula is C16H9FN2OS. The van der Waals surface area contributed by atoms with Crippen molar-refractivity contribution in [3.05, 3.63) is 60.0 Å². The maximum absolute atomic E-state index is 13.8. The monoisotopic (exact) mass is 296 g/mol. The molecule has 0 radical (unpaired) electrons. The van der Waals surface area contributed by atoms with Gasteiger partial charge < -0.3 is 0 Å². The predicted octanol–water partition coefficient (Wildman–Crippen LogP) is 4.17. The SMILES string of the molecule is O=Cc1ccc2c(c1)sc1nc(-c3ccccc3F)cn12. The molecule has 0 aliphatic carbocycles. The van der Waals surface area contributed by atoms with Crippen LogP contribution in [0.15, 0.2) is 48.7 Å². The molecule has 0 aliphatic rings. The fourth-order valence-electron chi connectivity index (χ4n) is 2.39. The summed E-state index contributed by atoms with van der Waals surface area (Å²) in [6.07, 6.45) is 2.65. The third-order valence-corrected chi connectivity index (χ3v) is 4.42. The van der Waals surface area contributed by atoms with E-state index in [9.17, 15) is 9.18 Å². The van der Waals surface area contributed by atoms with Gasteiger partial charge in [-0.15, -0.1) is 0 Å². The van der Waals surface area contributed by atoms with Gasteiger partial charge in [0.1, 0.15) is 12.1 Å². The first kappa shape index (κ1) is 12.2. The highest BCUT2D eigenvalue weighted by atomic mass is 32.1. The summed E-state index contributed by atoms with van der Waals surface area (Å²) in [5, 5.41) is 0. The summed E-state index contributed by atoms with van der Waals surface area (Å²) in [5.41, 5.74) is 2.71. The summed E-state index contributed by atoms with van der Waals surface area (Å²) < 4.78 is 16.8. The normalized spacial score (nSPS) is 11.3. The Morgan fingerprint density at radius 2 is 2.05 bits per heavy atom. The van der Waals surface area contributed by atoms with Crippen molar-refractivity contribution in [3.63, 3.8) is 0 Å². The van der Waals surface area contributed by atoms with E-state index >= 15 is 0 Å². The molecule has 4 rings (SSSR count). The summed E-state index contributed by atoms with van der Waals surface area (Å²) in [5.74, 6) is -0.282. The third kappa shape index (κ3) is 1.86. The fraction of sp³-hybridized carbons (Fsp3) is 0. The Morgan fingerprint density at radius 3 is 2.86 bits per heavy atom. The average Bonchev–Trinajstić information content (AvgIpc) is 3.04. The lowest BCUT2D eigenvalue weighted by Crippen LogP contribution is -1.83. The molecule has 0 aliphatic heterocycles. The van der Waals surface area contributed by atoms with Crippen LogP contribution >= 0.6 is 11.3 Å². The van der Waals surface area contributed by atoms with Crippen molar-refractivity contribution in [1.29, 1.82) is 0 Å². The highest BCUT2D eigenvalue weighted by Gasteiger charge is 2.12. The van der Waals surface area contributed by atoms with Crippen molar-refractivity contribution in [2.75, 3.05) is 0 Å². The van der Waals surface area contributed by atoms with E-state index in [1.807, 2.05) is 22.7 Å². The summed E-state index contributed by atoms with van der Waals surface area (Å²) >= 11 is 1.48. The van der Waals surface area contributed by atoms with E-state index in [1.165, 1.54) is 17.4 Å². The molecule has 5 heteroatoms. The Hall–Kier alpha value is -2.53. The zero-order valence-electron chi connectivity index (χ0n) is 10.8. The molecule has 21 heavy (non-hydrogen) atoms. The highest BCUT2D eigenvalue weighted by Crippen LogP contribution is 2.30. The first-order valence-corrected chi connectivity index (χ1v) is 7.19. The Balaban J connectivity index is 1.95. The molecule has 0 atom stereocenters. The van der Waals surface area contributed by atoms with Gasteiger partial charge in [0.2, 0.25) is 0 Å². The van der Waals surface area contributed by atoms with Gasteiger partial charge in [-0.2, -0.15) is 0 Å². The van der Waals surface area contributed by atoms with Crippen LogP contribution in [0.2, 0.25) is 0 Å². The van der Waals surface area contributed by atoms with Crippen molar-refractivity contribution in [1.82, 2.24) is 9.38 Å². The number of imidazole rings is 1. The molecule has 0 saturated heterocycles. The Bertz CT molecular complexity index is 986. The standard InChI is InChI=1S/C16H9FN2OS/c17-12-4-2-1-3-11(12)13-8-19-14-6-5-10(9-20)7-15(14)21-16(19)18-13/h1-9H. The van der Waals surface area contributed by atoms with Crippen molar-refractivity contribution in [2.24, 2.45) is 0 Å². The van der Waals surface area contributed by atoms with E-state index < -0.39 is 0 Å². The van der Waals surface area contributed by atoms with E-state index in [0.717, 1.165) is 21.5 Å². The van der Waals surface area contributed by atoms with Crippen molar-refractivity contribution < 1.29 is 9.18 Å². The van der Waals surface area contributed by atoms with E-state index in [4.69, 9.17) is 0 Å². The molecule has 2 heterocycles. The molecule has 2 aromatic heterocycles. The molecule has 2 aromatic carbocycles. The van der Waals surface area contributed by atoms with Crippen molar-refractivity contribution >= 4 is 32.8 Å². The molecule has 4 aromatic rings. The summed E-state index contributed by atoms with van der Waals surface area (Å²) in [7, 11) is 0. The molecule has 0 bridgehead atoms.